The topological polar surface area (TPSA) is 62.2 Å². The van der Waals surface area contributed by atoms with Gasteiger partial charge in [-0.15, -0.1) is 0 Å². The number of fused-ring (bicyclic) bond motifs is 1. The van der Waals surface area contributed by atoms with Gasteiger partial charge in [-0.1, -0.05) is 6.07 Å². The molecule has 0 aliphatic rings. The molecule has 0 unspecified atom stereocenters. The summed E-state index contributed by atoms with van der Waals surface area (Å²) in [6, 6.07) is 6.20. The standard InChI is InChI=1S/C11H7F3N2O2/c12-11(13,14)9-4-1-6-5-7(15-10(17)18)2-3-8(6)16-9/h1-5,15H,(H,17,18). The molecular weight excluding hydrogens is 249 g/mol. The van der Waals surface area contributed by atoms with Crippen LogP contribution in [0.5, 0.6) is 0 Å². The minimum atomic E-state index is -4.49. The maximum atomic E-state index is 12.4. The van der Waals surface area contributed by atoms with Crippen molar-refractivity contribution in [1.29, 1.82) is 0 Å². The molecule has 0 saturated carbocycles. The van der Waals surface area contributed by atoms with Gasteiger partial charge in [0.2, 0.25) is 0 Å². The van der Waals surface area contributed by atoms with Crippen LogP contribution in [-0.4, -0.2) is 16.2 Å². The van der Waals surface area contributed by atoms with Gasteiger partial charge in [0.15, 0.2) is 0 Å². The third kappa shape index (κ3) is 2.50. The highest BCUT2D eigenvalue weighted by atomic mass is 19.4. The number of rotatable bonds is 1. The second-order valence-electron chi connectivity index (χ2n) is 3.53. The Morgan fingerprint density at radius 2 is 1.94 bits per heavy atom. The van der Waals surface area contributed by atoms with Crippen LogP contribution < -0.4 is 5.32 Å². The van der Waals surface area contributed by atoms with Crippen LogP contribution in [-0.2, 0) is 6.18 Å². The Morgan fingerprint density at radius 3 is 2.56 bits per heavy atom. The Bertz CT molecular complexity index is 611. The van der Waals surface area contributed by atoms with E-state index in [1.54, 1.807) is 0 Å². The Labute approximate surface area is 99.1 Å². The molecule has 0 fully saturated rings. The van der Waals surface area contributed by atoms with Crippen molar-refractivity contribution < 1.29 is 23.1 Å². The molecule has 2 rings (SSSR count). The molecule has 0 aliphatic heterocycles. The first-order valence-corrected chi connectivity index (χ1v) is 4.84. The van der Waals surface area contributed by atoms with Crippen LogP contribution in [0.3, 0.4) is 0 Å². The van der Waals surface area contributed by atoms with Crippen LogP contribution >= 0.6 is 0 Å². The average Bonchev–Trinajstić information content (AvgIpc) is 2.26. The number of benzene rings is 1. The molecule has 0 bridgehead atoms. The van der Waals surface area contributed by atoms with Crippen LogP contribution in [0.25, 0.3) is 10.9 Å². The number of aromatic nitrogens is 1. The lowest BCUT2D eigenvalue weighted by atomic mass is 10.2. The molecule has 4 nitrogen and oxygen atoms in total. The number of halogens is 3. The van der Waals surface area contributed by atoms with Gasteiger partial charge in [0, 0.05) is 11.1 Å². The molecule has 2 aromatic rings. The van der Waals surface area contributed by atoms with E-state index in [-0.39, 0.29) is 11.2 Å². The Morgan fingerprint density at radius 1 is 1.22 bits per heavy atom. The van der Waals surface area contributed by atoms with Crippen molar-refractivity contribution in [2.75, 3.05) is 5.32 Å². The zero-order chi connectivity index (χ0) is 13.3. The van der Waals surface area contributed by atoms with Gasteiger partial charge < -0.3 is 5.11 Å². The molecular formula is C11H7F3N2O2. The largest absolute Gasteiger partial charge is 0.465 e. The number of nitrogens with one attached hydrogen (secondary N) is 1. The van der Waals surface area contributed by atoms with Crippen molar-refractivity contribution >= 4 is 22.7 Å². The van der Waals surface area contributed by atoms with E-state index < -0.39 is 18.0 Å². The molecule has 0 radical (unpaired) electrons. The first-order chi connectivity index (χ1) is 8.36. The lowest BCUT2D eigenvalue weighted by molar-refractivity contribution is -0.140. The Hall–Kier alpha value is -2.31. The van der Waals surface area contributed by atoms with Gasteiger partial charge in [-0.25, -0.2) is 9.78 Å². The summed E-state index contributed by atoms with van der Waals surface area (Å²) >= 11 is 0. The third-order valence-electron chi connectivity index (χ3n) is 2.23. The second-order valence-corrected chi connectivity index (χ2v) is 3.53. The van der Waals surface area contributed by atoms with Crippen LogP contribution in [0, 0.1) is 0 Å². The summed E-state index contributed by atoms with van der Waals surface area (Å²) in [7, 11) is 0. The quantitative estimate of drug-likeness (QED) is 0.822. The van der Waals surface area contributed by atoms with E-state index in [0.29, 0.717) is 5.39 Å². The fraction of sp³-hybridized carbons (Fsp3) is 0.0909. The van der Waals surface area contributed by atoms with E-state index in [4.69, 9.17) is 5.11 Å². The van der Waals surface area contributed by atoms with Gasteiger partial charge in [0.25, 0.3) is 0 Å². The van der Waals surface area contributed by atoms with Crippen LogP contribution in [0.4, 0.5) is 23.7 Å². The molecule has 1 aromatic heterocycles. The normalized spacial score (nSPS) is 11.5. The minimum absolute atomic E-state index is 0.153. The van der Waals surface area contributed by atoms with Crippen molar-refractivity contribution in [3.63, 3.8) is 0 Å². The first kappa shape index (κ1) is 12.2. The number of nitrogens with zero attached hydrogens (tertiary/aromatic N) is 1. The summed E-state index contributed by atoms with van der Waals surface area (Å²) in [5.41, 5.74) is -0.550. The molecule has 18 heavy (non-hydrogen) atoms. The van der Waals surface area contributed by atoms with Crippen molar-refractivity contribution in [1.82, 2.24) is 4.98 Å². The van der Waals surface area contributed by atoms with Gasteiger partial charge in [0.05, 0.1) is 5.52 Å². The van der Waals surface area contributed by atoms with E-state index in [1.807, 2.05) is 0 Å². The summed E-state index contributed by atoms with van der Waals surface area (Å²) in [5.74, 6) is 0. The predicted molar refractivity (Wildman–Crippen MR) is 58.4 cm³/mol. The van der Waals surface area contributed by atoms with Gasteiger partial charge in [-0.05, 0) is 24.3 Å². The van der Waals surface area contributed by atoms with Crippen molar-refractivity contribution in [3.8, 4) is 0 Å². The highest BCUT2D eigenvalue weighted by Crippen LogP contribution is 2.29. The molecule has 0 aliphatic carbocycles. The molecule has 0 spiro atoms. The summed E-state index contributed by atoms with van der Waals surface area (Å²) < 4.78 is 37.2. The van der Waals surface area contributed by atoms with Crippen molar-refractivity contribution in [2.24, 2.45) is 0 Å². The zero-order valence-electron chi connectivity index (χ0n) is 8.82. The highest BCUT2D eigenvalue weighted by molar-refractivity contribution is 5.88. The average molecular weight is 256 g/mol. The maximum absolute atomic E-state index is 12.4. The fourth-order valence-corrected chi connectivity index (χ4v) is 1.48. The highest BCUT2D eigenvalue weighted by Gasteiger charge is 2.32. The van der Waals surface area contributed by atoms with Crippen molar-refractivity contribution in [2.45, 2.75) is 6.18 Å². The number of carboxylic acid groups (broad SMARTS) is 1. The number of hydrogen-bond donors (Lipinski definition) is 2. The molecule has 1 aromatic carbocycles. The van der Waals surface area contributed by atoms with E-state index >= 15 is 0 Å². The third-order valence-corrected chi connectivity index (χ3v) is 2.23. The molecule has 94 valence electrons. The molecule has 1 heterocycles. The molecule has 1 amide bonds. The zero-order valence-corrected chi connectivity index (χ0v) is 8.82. The lowest BCUT2D eigenvalue weighted by Gasteiger charge is -2.07. The molecule has 2 N–H and O–H groups in total. The number of hydrogen-bond acceptors (Lipinski definition) is 2. The van der Waals surface area contributed by atoms with E-state index in [2.05, 4.69) is 10.3 Å². The lowest BCUT2D eigenvalue weighted by Crippen LogP contribution is -2.08. The molecule has 0 saturated heterocycles. The van der Waals surface area contributed by atoms with Gasteiger partial charge >= 0.3 is 12.3 Å². The van der Waals surface area contributed by atoms with Gasteiger partial charge in [-0.3, -0.25) is 5.32 Å². The SMILES string of the molecule is O=C(O)Nc1ccc2nc(C(F)(F)F)ccc2c1. The van der Waals surface area contributed by atoms with E-state index in [0.717, 1.165) is 6.07 Å². The summed E-state index contributed by atoms with van der Waals surface area (Å²) in [6.07, 6.45) is -5.74. The van der Waals surface area contributed by atoms with Crippen LogP contribution in [0.15, 0.2) is 30.3 Å². The number of pyridine rings is 1. The summed E-state index contributed by atoms with van der Waals surface area (Å²) in [4.78, 5) is 13.9. The molecule has 7 heteroatoms. The second kappa shape index (κ2) is 4.17. The monoisotopic (exact) mass is 256 g/mol. The first-order valence-electron chi connectivity index (χ1n) is 4.84. The maximum Gasteiger partial charge on any atom is 0.433 e. The smallest absolute Gasteiger partial charge is 0.433 e. The van der Waals surface area contributed by atoms with E-state index in [1.165, 1.54) is 24.3 Å². The summed E-state index contributed by atoms with van der Waals surface area (Å²) in [6.45, 7) is 0. The predicted octanol–water partition coefficient (Wildman–Crippen LogP) is 3.34. The fourth-order valence-electron chi connectivity index (χ4n) is 1.48. The number of alkyl halides is 3. The number of anilines is 1. The Balaban J connectivity index is 2.45. The minimum Gasteiger partial charge on any atom is -0.465 e. The number of amides is 1. The van der Waals surface area contributed by atoms with Crippen LogP contribution in [0.2, 0.25) is 0 Å². The summed E-state index contributed by atoms with van der Waals surface area (Å²) in [5, 5.41) is 11.0. The Kier molecular flexibility index (Phi) is 2.82. The molecule has 0 atom stereocenters. The van der Waals surface area contributed by atoms with Crippen molar-refractivity contribution in [3.05, 3.63) is 36.0 Å². The van der Waals surface area contributed by atoms with Gasteiger partial charge in [-0.2, -0.15) is 13.2 Å². The van der Waals surface area contributed by atoms with Gasteiger partial charge in [0.1, 0.15) is 5.69 Å². The van der Waals surface area contributed by atoms with Crippen LogP contribution in [0.1, 0.15) is 5.69 Å². The van der Waals surface area contributed by atoms with E-state index in [9.17, 15) is 18.0 Å². The number of carbonyl (C=O) groups is 1.